The number of hydrogen-bond donors (Lipinski definition) is 2. The summed E-state index contributed by atoms with van der Waals surface area (Å²) in [4.78, 5) is 22.4. The van der Waals surface area contributed by atoms with Crippen LogP contribution in [-0.4, -0.2) is 41.0 Å². The van der Waals surface area contributed by atoms with E-state index in [1.807, 2.05) is 24.3 Å². The number of benzene rings is 2. The molecular formula is C27H32N4O3. The monoisotopic (exact) mass is 460 g/mol. The first-order valence-electron chi connectivity index (χ1n) is 11.6. The SMILES string of the molecule is COc1cccc(CN(CCc2c[nH]c3ccccc23)Cc2nc(C(=O)NCC(C)C)co2)c1. The maximum absolute atomic E-state index is 12.4. The number of H-pyrrole nitrogens is 1. The minimum atomic E-state index is -0.207. The molecule has 0 aliphatic carbocycles. The van der Waals surface area contributed by atoms with Crippen molar-refractivity contribution in [2.24, 2.45) is 5.92 Å². The maximum atomic E-state index is 12.4. The van der Waals surface area contributed by atoms with Crippen molar-refractivity contribution in [1.29, 1.82) is 0 Å². The standard InChI is InChI=1S/C27H32N4O3/c1-19(2)14-29-27(32)25-18-34-26(30-25)17-31(16-20-7-6-8-22(13-20)33-3)12-11-21-15-28-24-10-5-4-9-23(21)24/h4-10,13,15,18-19,28H,11-12,14,16-17H2,1-3H3,(H,29,32). The Kier molecular flexibility index (Phi) is 7.65. The van der Waals surface area contributed by atoms with E-state index >= 15 is 0 Å². The third kappa shape index (κ3) is 6.05. The summed E-state index contributed by atoms with van der Waals surface area (Å²) in [6, 6.07) is 16.4. The number of hydrogen-bond acceptors (Lipinski definition) is 5. The van der Waals surface area contributed by atoms with Crippen LogP contribution in [0.1, 0.15) is 41.4 Å². The molecule has 2 heterocycles. The van der Waals surface area contributed by atoms with Crippen LogP contribution in [0.2, 0.25) is 0 Å². The second kappa shape index (κ2) is 11.0. The Morgan fingerprint density at radius 1 is 1.18 bits per heavy atom. The Morgan fingerprint density at radius 2 is 2.03 bits per heavy atom. The highest BCUT2D eigenvalue weighted by molar-refractivity contribution is 5.91. The Balaban J connectivity index is 1.48. The average Bonchev–Trinajstić information content (AvgIpc) is 3.48. The number of carbonyl (C=O) groups is 1. The Hall–Kier alpha value is -3.58. The van der Waals surface area contributed by atoms with Crippen molar-refractivity contribution < 1.29 is 13.9 Å². The molecule has 4 rings (SSSR count). The van der Waals surface area contributed by atoms with E-state index in [1.165, 1.54) is 17.2 Å². The molecule has 2 N–H and O–H groups in total. The van der Waals surface area contributed by atoms with E-state index in [0.717, 1.165) is 29.8 Å². The highest BCUT2D eigenvalue weighted by Crippen LogP contribution is 2.20. The minimum Gasteiger partial charge on any atom is -0.497 e. The Bertz CT molecular complexity index is 1230. The van der Waals surface area contributed by atoms with Crippen molar-refractivity contribution in [3.05, 3.63) is 83.7 Å². The molecular weight excluding hydrogens is 428 g/mol. The van der Waals surface area contributed by atoms with Gasteiger partial charge in [-0.1, -0.05) is 44.2 Å². The quantitative estimate of drug-likeness (QED) is 0.336. The predicted molar refractivity (Wildman–Crippen MR) is 133 cm³/mol. The summed E-state index contributed by atoms with van der Waals surface area (Å²) in [5.74, 6) is 1.52. The van der Waals surface area contributed by atoms with Crippen LogP contribution in [0.4, 0.5) is 0 Å². The van der Waals surface area contributed by atoms with E-state index in [0.29, 0.717) is 37.1 Å². The number of carbonyl (C=O) groups excluding carboxylic acids is 1. The lowest BCUT2D eigenvalue weighted by atomic mass is 10.1. The van der Waals surface area contributed by atoms with Crippen molar-refractivity contribution in [2.75, 3.05) is 20.2 Å². The van der Waals surface area contributed by atoms with Gasteiger partial charge in [0.25, 0.3) is 5.91 Å². The van der Waals surface area contributed by atoms with Gasteiger partial charge in [0.15, 0.2) is 5.69 Å². The lowest BCUT2D eigenvalue weighted by Gasteiger charge is -2.21. The predicted octanol–water partition coefficient (Wildman–Crippen LogP) is 4.80. The number of oxazole rings is 1. The summed E-state index contributed by atoms with van der Waals surface area (Å²) in [5, 5.41) is 4.13. The fourth-order valence-electron chi connectivity index (χ4n) is 3.93. The van der Waals surface area contributed by atoms with Gasteiger partial charge in [-0.15, -0.1) is 0 Å². The van der Waals surface area contributed by atoms with Crippen LogP contribution < -0.4 is 10.1 Å². The molecule has 7 heteroatoms. The molecule has 4 aromatic rings. The molecule has 0 aliphatic heterocycles. The molecule has 1 amide bonds. The summed E-state index contributed by atoms with van der Waals surface area (Å²) >= 11 is 0. The van der Waals surface area contributed by atoms with Crippen molar-refractivity contribution in [3.63, 3.8) is 0 Å². The van der Waals surface area contributed by atoms with Gasteiger partial charge < -0.3 is 19.5 Å². The van der Waals surface area contributed by atoms with Crippen molar-refractivity contribution >= 4 is 16.8 Å². The zero-order valence-electron chi connectivity index (χ0n) is 20.0. The first-order chi connectivity index (χ1) is 16.5. The topological polar surface area (TPSA) is 83.4 Å². The third-order valence-corrected chi connectivity index (χ3v) is 5.73. The molecule has 0 fully saturated rings. The van der Waals surface area contributed by atoms with E-state index in [-0.39, 0.29) is 5.91 Å². The van der Waals surface area contributed by atoms with E-state index < -0.39 is 0 Å². The van der Waals surface area contributed by atoms with Crippen LogP contribution in [0.25, 0.3) is 10.9 Å². The summed E-state index contributed by atoms with van der Waals surface area (Å²) in [7, 11) is 1.67. The molecule has 0 aliphatic rings. The highest BCUT2D eigenvalue weighted by atomic mass is 16.5. The van der Waals surface area contributed by atoms with Gasteiger partial charge in [-0.3, -0.25) is 9.69 Å². The fourth-order valence-corrected chi connectivity index (χ4v) is 3.93. The van der Waals surface area contributed by atoms with Gasteiger partial charge in [0, 0.05) is 36.7 Å². The summed E-state index contributed by atoms with van der Waals surface area (Å²) in [6.45, 7) is 6.72. The lowest BCUT2D eigenvalue weighted by molar-refractivity contribution is 0.0944. The first kappa shape index (κ1) is 23.6. The molecule has 0 spiro atoms. The first-order valence-corrected chi connectivity index (χ1v) is 11.6. The number of amides is 1. The number of nitrogens with one attached hydrogen (secondary N) is 2. The lowest BCUT2D eigenvalue weighted by Crippen LogP contribution is -2.28. The van der Waals surface area contributed by atoms with Gasteiger partial charge in [-0.25, -0.2) is 4.98 Å². The highest BCUT2D eigenvalue weighted by Gasteiger charge is 2.16. The van der Waals surface area contributed by atoms with Crippen molar-refractivity contribution in [1.82, 2.24) is 20.2 Å². The maximum Gasteiger partial charge on any atom is 0.273 e. The fraction of sp³-hybridized carbons (Fsp3) is 0.333. The molecule has 0 atom stereocenters. The molecule has 178 valence electrons. The molecule has 0 saturated carbocycles. The normalized spacial score (nSPS) is 11.4. The summed E-state index contributed by atoms with van der Waals surface area (Å²) in [5.41, 5.74) is 3.86. The zero-order chi connectivity index (χ0) is 23.9. The van der Waals surface area contributed by atoms with Crippen LogP contribution in [0.5, 0.6) is 5.75 Å². The number of methoxy groups -OCH3 is 1. The van der Waals surface area contributed by atoms with Gasteiger partial charge >= 0.3 is 0 Å². The van der Waals surface area contributed by atoms with E-state index in [4.69, 9.17) is 9.15 Å². The van der Waals surface area contributed by atoms with E-state index in [2.05, 4.69) is 64.5 Å². The van der Waals surface area contributed by atoms with E-state index in [1.54, 1.807) is 7.11 Å². The smallest absolute Gasteiger partial charge is 0.273 e. The van der Waals surface area contributed by atoms with Gasteiger partial charge in [-0.05, 0) is 41.7 Å². The van der Waals surface area contributed by atoms with Gasteiger partial charge in [0.05, 0.1) is 13.7 Å². The van der Waals surface area contributed by atoms with Crippen molar-refractivity contribution in [3.8, 4) is 5.75 Å². The van der Waals surface area contributed by atoms with Crippen LogP contribution in [0.15, 0.2) is 65.4 Å². The molecule has 7 nitrogen and oxygen atoms in total. The van der Waals surface area contributed by atoms with Crippen molar-refractivity contribution in [2.45, 2.75) is 33.4 Å². The van der Waals surface area contributed by atoms with Crippen LogP contribution in [0, 0.1) is 5.92 Å². The number of rotatable bonds is 11. The average molecular weight is 461 g/mol. The van der Waals surface area contributed by atoms with Crippen LogP contribution >= 0.6 is 0 Å². The summed E-state index contributed by atoms with van der Waals surface area (Å²) < 4.78 is 11.1. The molecule has 0 saturated heterocycles. The second-order valence-electron chi connectivity index (χ2n) is 8.90. The number of ether oxygens (including phenoxy) is 1. The zero-order valence-corrected chi connectivity index (χ0v) is 20.0. The summed E-state index contributed by atoms with van der Waals surface area (Å²) in [6.07, 6.45) is 4.39. The Labute approximate surface area is 200 Å². The molecule has 2 aromatic carbocycles. The molecule has 2 aromatic heterocycles. The van der Waals surface area contributed by atoms with Gasteiger partial charge in [0.1, 0.15) is 12.0 Å². The number of aromatic amines is 1. The third-order valence-electron chi connectivity index (χ3n) is 5.73. The largest absolute Gasteiger partial charge is 0.497 e. The number of fused-ring (bicyclic) bond motifs is 1. The van der Waals surface area contributed by atoms with E-state index in [9.17, 15) is 4.79 Å². The molecule has 0 bridgehead atoms. The van der Waals surface area contributed by atoms with Gasteiger partial charge in [0.2, 0.25) is 5.89 Å². The minimum absolute atomic E-state index is 0.207. The molecule has 34 heavy (non-hydrogen) atoms. The van der Waals surface area contributed by atoms with Crippen LogP contribution in [0.3, 0.4) is 0 Å². The number of nitrogens with zero attached hydrogens (tertiary/aromatic N) is 2. The number of para-hydroxylation sites is 1. The van der Waals surface area contributed by atoms with Crippen LogP contribution in [-0.2, 0) is 19.5 Å². The number of aromatic nitrogens is 2. The molecule has 0 radical (unpaired) electrons. The van der Waals surface area contributed by atoms with Gasteiger partial charge in [-0.2, -0.15) is 0 Å². The molecule has 0 unspecified atom stereocenters. The second-order valence-corrected chi connectivity index (χ2v) is 8.90. The Morgan fingerprint density at radius 3 is 2.85 bits per heavy atom.